The highest BCUT2D eigenvalue weighted by Crippen LogP contribution is 2.47. The maximum Gasteiger partial charge on any atom is 0.136 e. The monoisotopic (exact) mass is 554 g/mol. The van der Waals surface area contributed by atoms with Crippen LogP contribution in [0.2, 0.25) is 0 Å². The summed E-state index contributed by atoms with van der Waals surface area (Å²) in [5.41, 5.74) is 8.25. The molecule has 2 heteroatoms. The van der Waals surface area contributed by atoms with E-state index in [1.807, 2.05) is 12.1 Å². The van der Waals surface area contributed by atoms with Crippen molar-refractivity contribution in [2.75, 3.05) is 0 Å². The minimum Gasteiger partial charge on any atom is -0.456 e. The summed E-state index contributed by atoms with van der Waals surface area (Å²) in [5, 5.41) is 7.30. The maximum atomic E-state index is 6.30. The molecule has 184 valence electrons. The summed E-state index contributed by atoms with van der Waals surface area (Å²) < 4.78 is 7.35. The fourth-order valence-corrected chi connectivity index (χ4v) is 6.23. The summed E-state index contributed by atoms with van der Waals surface area (Å²) in [6.07, 6.45) is 0. The molecule has 0 saturated heterocycles. The van der Waals surface area contributed by atoms with Gasteiger partial charge in [-0.3, -0.25) is 0 Å². The highest BCUT2D eigenvalue weighted by Gasteiger charge is 2.20. The maximum absolute atomic E-state index is 6.30. The van der Waals surface area contributed by atoms with Crippen LogP contribution in [0.5, 0.6) is 0 Å². The van der Waals surface area contributed by atoms with Gasteiger partial charge in [0.25, 0.3) is 0 Å². The molecular weight excluding hydrogens is 528 g/mol. The number of benzene rings is 6. The third-order valence-corrected chi connectivity index (χ3v) is 8.19. The third-order valence-electron chi connectivity index (χ3n) is 7.70. The van der Waals surface area contributed by atoms with E-state index < -0.39 is 0 Å². The second kappa shape index (κ2) is 8.58. The number of hydrogen-bond donors (Lipinski definition) is 0. The highest BCUT2D eigenvalue weighted by atomic mass is 79.9. The Morgan fingerprint density at radius 2 is 1.16 bits per heavy atom. The molecule has 0 saturated carbocycles. The van der Waals surface area contributed by atoms with Crippen molar-refractivity contribution in [2.45, 2.75) is 26.2 Å². The molecule has 0 spiro atoms. The molecule has 0 aliphatic heterocycles. The minimum atomic E-state index is 0.119. The number of furan rings is 1. The first-order valence-electron chi connectivity index (χ1n) is 13.1. The molecular formula is C36H27BrO. The molecule has 1 nitrogen and oxygen atoms in total. The Balaban J connectivity index is 1.61. The van der Waals surface area contributed by atoms with Crippen molar-refractivity contribution in [3.8, 4) is 22.3 Å². The van der Waals surface area contributed by atoms with E-state index in [1.165, 1.54) is 49.4 Å². The van der Waals surface area contributed by atoms with Crippen molar-refractivity contribution in [3.05, 3.63) is 119 Å². The molecule has 1 heterocycles. The van der Waals surface area contributed by atoms with Crippen molar-refractivity contribution >= 4 is 59.4 Å². The van der Waals surface area contributed by atoms with Crippen LogP contribution in [0.15, 0.2) is 118 Å². The third kappa shape index (κ3) is 3.59. The van der Waals surface area contributed by atoms with E-state index in [0.29, 0.717) is 0 Å². The quantitative estimate of drug-likeness (QED) is 0.193. The van der Waals surface area contributed by atoms with Gasteiger partial charge in [0, 0.05) is 15.2 Å². The number of fused-ring (bicyclic) bond motifs is 5. The standard InChI is InChI=1S/C36H27BrO/c1-36(2,3)23-17-15-22(16-18-23)33-25-9-4-6-11-27(25)34(28-12-7-5-10-26(28)33)29-13-8-14-32-35(29)30-21-24(37)19-20-31(30)38-32/h4-21H,1-3H3. The average molecular weight is 556 g/mol. The molecule has 0 N–H and O–H groups in total. The van der Waals surface area contributed by atoms with Crippen LogP contribution in [-0.2, 0) is 5.41 Å². The van der Waals surface area contributed by atoms with Crippen LogP contribution in [0.25, 0.3) is 65.7 Å². The van der Waals surface area contributed by atoms with Crippen LogP contribution in [0.3, 0.4) is 0 Å². The smallest absolute Gasteiger partial charge is 0.136 e. The summed E-state index contributed by atoms with van der Waals surface area (Å²) in [6, 6.07) is 39.5. The molecule has 0 amide bonds. The van der Waals surface area contributed by atoms with Gasteiger partial charge in [0.1, 0.15) is 11.2 Å². The lowest BCUT2D eigenvalue weighted by Gasteiger charge is -2.21. The second-order valence-corrected chi connectivity index (χ2v) is 12.0. The lowest BCUT2D eigenvalue weighted by molar-refractivity contribution is 0.590. The number of halogens is 1. The van der Waals surface area contributed by atoms with E-state index >= 15 is 0 Å². The van der Waals surface area contributed by atoms with Crippen molar-refractivity contribution in [2.24, 2.45) is 0 Å². The molecule has 0 radical (unpaired) electrons. The Morgan fingerprint density at radius 1 is 0.553 bits per heavy atom. The van der Waals surface area contributed by atoms with E-state index in [4.69, 9.17) is 4.42 Å². The Labute approximate surface area is 230 Å². The normalized spacial score (nSPS) is 12.2. The summed E-state index contributed by atoms with van der Waals surface area (Å²) in [4.78, 5) is 0. The minimum absolute atomic E-state index is 0.119. The van der Waals surface area contributed by atoms with Crippen LogP contribution < -0.4 is 0 Å². The van der Waals surface area contributed by atoms with E-state index in [0.717, 1.165) is 26.4 Å². The van der Waals surface area contributed by atoms with Crippen LogP contribution in [-0.4, -0.2) is 0 Å². The summed E-state index contributed by atoms with van der Waals surface area (Å²) >= 11 is 3.67. The van der Waals surface area contributed by atoms with E-state index in [9.17, 15) is 0 Å². The molecule has 7 rings (SSSR count). The van der Waals surface area contributed by atoms with Crippen LogP contribution in [0.4, 0.5) is 0 Å². The molecule has 7 aromatic rings. The molecule has 0 atom stereocenters. The van der Waals surface area contributed by atoms with Gasteiger partial charge in [-0.15, -0.1) is 0 Å². The highest BCUT2D eigenvalue weighted by molar-refractivity contribution is 9.10. The zero-order valence-electron chi connectivity index (χ0n) is 21.7. The lowest BCUT2D eigenvalue weighted by atomic mass is 9.83. The zero-order chi connectivity index (χ0) is 26.0. The molecule has 6 aromatic carbocycles. The Morgan fingerprint density at radius 3 is 1.76 bits per heavy atom. The van der Waals surface area contributed by atoms with E-state index in [-0.39, 0.29) is 5.41 Å². The molecule has 0 aliphatic rings. The topological polar surface area (TPSA) is 13.1 Å². The lowest BCUT2D eigenvalue weighted by Crippen LogP contribution is -2.10. The van der Waals surface area contributed by atoms with Crippen molar-refractivity contribution in [1.29, 1.82) is 0 Å². The fraction of sp³-hybridized carbons (Fsp3) is 0.111. The van der Waals surface area contributed by atoms with Crippen molar-refractivity contribution in [1.82, 2.24) is 0 Å². The summed E-state index contributed by atoms with van der Waals surface area (Å²) in [6.45, 7) is 6.79. The predicted molar refractivity (Wildman–Crippen MR) is 166 cm³/mol. The predicted octanol–water partition coefficient (Wildman–Crippen LogP) is 11.3. The number of rotatable bonds is 2. The molecule has 0 fully saturated rings. The first-order valence-corrected chi connectivity index (χ1v) is 13.8. The first-order chi connectivity index (χ1) is 18.4. The van der Waals surface area contributed by atoms with E-state index in [2.05, 4.69) is 134 Å². The van der Waals surface area contributed by atoms with Crippen LogP contribution in [0.1, 0.15) is 26.3 Å². The van der Waals surface area contributed by atoms with Crippen LogP contribution >= 0.6 is 15.9 Å². The fourth-order valence-electron chi connectivity index (χ4n) is 5.87. The van der Waals surface area contributed by atoms with Gasteiger partial charge in [-0.25, -0.2) is 0 Å². The summed E-state index contributed by atoms with van der Waals surface area (Å²) in [5.74, 6) is 0. The van der Waals surface area contributed by atoms with E-state index in [1.54, 1.807) is 0 Å². The molecule has 38 heavy (non-hydrogen) atoms. The van der Waals surface area contributed by atoms with Gasteiger partial charge in [0.2, 0.25) is 0 Å². The molecule has 0 unspecified atom stereocenters. The van der Waals surface area contributed by atoms with Gasteiger partial charge in [0.15, 0.2) is 0 Å². The average Bonchev–Trinajstić information content (AvgIpc) is 3.29. The SMILES string of the molecule is CC(C)(C)c1ccc(-c2c3ccccc3c(-c3cccc4oc5ccc(Br)cc5c34)c3ccccc23)cc1. The van der Waals surface area contributed by atoms with Gasteiger partial charge >= 0.3 is 0 Å². The molecule has 0 aliphatic carbocycles. The van der Waals surface area contributed by atoms with Gasteiger partial charge in [0.05, 0.1) is 0 Å². The molecule has 1 aromatic heterocycles. The van der Waals surface area contributed by atoms with Crippen molar-refractivity contribution in [3.63, 3.8) is 0 Å². The van der Waals surface area contributed by atoms with Gasteiger partial charge in [-0.2, -0.15) is 0 Å². The first kappa shape index (κ1) is 23.3. The summed E-state index contributed by atoms with van der Waals surface area (Å²) in [7, 11) is 0. The molecule has 0 bridgehead atoms. The van der Waals surface area contributed by atoms with Gasteiger partial charge in [-0.05, 0) is 79.0 Å². The number of hydrogen-bond acceptors (Lipinski definition) is 1. The largest absolute Gasteiger partial charge is 0.456 e. The van der Waals surface area contributed by atoms with Crippen molar-refractivity contribution < 1.29 is 4.42 Å². The Kier molecular flexibility index (Phi) is 5.25. The Bertz CT molecular complexity index is 1950. The van der Waals surface area contributed by atoms with Gasteiger partial charge < -0.3 is 4.42 Å². The second-order valence-electron chi connectivity index (χ2n) is 11.1. The zero-order valence-corrected chi connectivity index (χ0v) is 23.3. The van der Waals surface area contributed by atoms with Gasteiger partial charge in [-0.1, -0.05) is 122 Å². The Hall–Kier alpha value is -3.88. The van der Waals surface area contributed by atoms with Crippen LogP contribution in [0, 0.1) is 0 Å².